The lowest BCUT2D eigenvalue weighted by molar-refractivity contribution is -0.137. The van der Waals surface area contributed by atoms with Crippen molar-refractivity contribution in [3.63, 3.8) is 0 Å². The van der Waals surface area contributed by atoms with Gasteiger partial charge in [0.1, 0.15) is 5.70 Å². The number of hydrogen-bond acceptors (Lipinski definition) is 5. The summed E-state index contributed by atoms with van der Waals surface area (Å²) < 4.78 is 4.55. The van der Waals surface area contributed by atoms with Gasteiger partial charge in [-0.3, -0.25) is 9.59 Å². The normalized spacial score (nSPS) is 18.8. The fraction of sp³-hybridized carbons (Fsp3) is 0.706. The second-order valence-corrected chi connectivity index (χ2v) is 7.74. The fourth-order valence-electron chi connectivity index (χ4n) is 2.31. The Morgan fingerprint density at radius 1 is 1.29 bits per heavy atom. The Kier molecular flexibility index (Phi) is 8.31. The van der Waals surface area contributed by atoms with Crippen molar-refractivity contribution >= 4 is 29.6 Å². The summed E-state index contributed by atoms with van der Waals surface area (Å²) in [6.45, 7) is 4.00. The summed E-state index contributed by atoms with van der Waals surface area (Å²) in [5.41, 5.74) is -0.0435. The van der Waals surface area contributed by atoms with Crippen molar-refractivity contribution in [2.75, 3.05) is 18.6 Å². The van der Waals surface area contributed by atoms with E-state index in [-0.39, 0.29) is 28.9 Å². The topological polar surface area (TPSA) is 92.7 Å². The Labute approximate surface area is 147 Å². The van der Waals surface area contributed by atoms with Crippen molar-refractivity contribution in [3.8, 4) is 0 Å². The van der Waals surface area contributed by atoms with Gasteiger partial charge in [-0.1, -0.05) is 26.3 Å². The highest BCUT2D eigenvalue weighted by atomic mass is 32.2. The molecule has 0 aromatic rings. The molecule has 0 heterocycles. The number of hydrogen-bond donors (Lipinski definition) is 2. The molecule has 136 valence electrons. The molecule has 1 atom stereocenters. The lowest BCUT2D eigenvalue weighted by Crippen LogP contribution is -2.29. The van der Waals surface area contributed by atoms with Gasteiger partial charge >= 0.3 is 11.9 Å². The molecule has 0 aromatic carbocycles. The van der Waals surface area contributed by atoms with Crippen LogP contribution in [0.4, 0.5) is 0 Å². The minimum Gasteiger partial charge on any atom is -0.477 e. The Morgan fingerprint density at radius 3 is 2.50 bits per heavy atom. The van der Waals surface area contributed by atoms with Gasteiger partial charge in [0, 0.05) is 5.92 Å². The smallest absolute Gasteiger partial charge is 0.352 e. The number of ether oxygens (including phenoxy) is 1. The van der Waals surface area contributed by atoms with E-state index in [9.17, 15) is 19.5 Å². The van der Waals surface area contributed by atoms with E-state index in [2.05, 4.69) is 10.1 Å². The molecule has 0 radical (unpaired) electrons. The Balaban J connectivity index is 2.21. The van der Waals surface area contributed by atoms with Crippen molar-refractivity contribution < 1.29 is 24.2 Å². The number of amides is 1. The quantitative estimate of drug-likeness (QED) is 0.335. The average Bonchev–Trinajstić information content (AvgIpc) is 3.16. The maximum Gasteiger partial charge on any atom is 0.352 e. The third kappa shape index (κ3) is 7.38. The molecule has 0 saturated heterocycles. The molecule has 1 fully saturated rings. The van der Waals surface area contributed by atoms with Crippen LogP contribution in [0.5, 0.6) is 0 Å². The molecule has 1 aliphatic rings. The highest BCUT2D eigenvalue weighted by Crippen LogP contribution is 2.51. The fourth-order valence-corrected chi connectivity index (χ4v) is 3.15. The largest absolute Gasteiger partial charge is 0.477 e. The number of carboxylic acid groups (broad SMARTS) is 1. The van der Waals surface area contributed by atoms with E-state index in [1.807, 2.05) is 13.8 Å². The summed E-state index contributed by atoms with van der Waals surface area (Å²) >= 11 is 1.53. The number of thioether (sulfide) groups is 1. The molecule has 1 unspecified atom stereocenters. The van der Waals surface area contributed by atoms with Crippen LogP contribution in [0.1, 0.15) is 46.0 Å². The third-order valence-electron chi connectivity index (χ3n) is 4.11. The first-order valence-corrected chi connectivity index (χ1v) is 9.32. The van der Waals surface area contributed by atoms with Crippen LogP contribution >= 0.6 is 11.8 Å². The van der Waals surface area contributed by atoms with E-state index in [0.717, 1.165) is 31.4 Å². The lowest BCUT2D eigenvalue weighted by atomic mass is 10.1. The van der Waals surface area contributed by atoms with Crippen molar-refractivity contribution in [2.24, 2.45) is 11.3 Å². The second kappa shape index (κ2) is 9.71. The van der Waals surface area contributed by atoms with Gasteiger partial charge in [0.25, 0.3) is 0 Å². The molecule has 0 aromatic heterocycles. The number of carbonyl (C=O) groups excluding carboxylic acids is 2. The number of carboxylic acids is 1. The summed E-state index contributed by atoms with van der Waals surface area (Å²) in [7, 11) is 1.37. The lowest BCUT2D eigenvalue weighted by Gasteiger charge is -2.07. The van der Waals surface area contributed by atoms with Crippen LogP contribution in [0, 0.1) is 11.3 Å². The first-order valence-electron chi connectivity index (χ1n) is 8.17. The van der Waals surface area contributed by atoms with E-state index in [0.29, 0.717) is 12.2 Å². The standard InChI is InChI=1S/C17H27NO5S/c1-17(2)10-12(17)15(20)18-13(16(21)22)8-6-4-5-7-9-24-11-14(19)23-3/h8,12H,4-7,9-11H2,1-3H3,(H,18,20)(H,21,22)/b13-8-. The number of esters is 1. The Morgan fingerprint density at radius 2 is 1.96 bits per heavy atom. The summed E-state index contributed by atoms with van der Waals surface area (Å²) in [4.78, 5) is 34.1. The van der Waals surface area contributed by atoms with Crippen LogP contribution in [-0.2, 0) is 19.1 Å². The highest BCUT2D eigenvalue weighted by molar-refractivity contribution is 7.99. The zero-order valence-electron chi connectivity index (χ0n) is 14.6. The number of aliphatic carboxylic acids is 1. The van der Waals surface area contributed by atoms with Gasteiger partial charge in [-0.2, -0.15) is 11.8 Å². The first-order chi connectivity index (χ1) is 11.3. The van der Waals surface area contributed by atoms with Crippen molar-refractivity contribution in [1.29, 1.82) is 0 Å². The molecule has 1 aliphatic carbocycles. The third-order valence-corrected chi connectivity index (χ3v) is 5.12. The number of allylic oxidation sites excluding steroid dienone is 1. The van der Waals surface area contributed by atoms with Crippen LogP contribution in [-0.4, -0.2) is 41.6 Å². The number of nitrogens with one attached hydrogen (secondary N) is 1. The molecule has 6 nitrogen and oxygen atoms in total. The number of unbranched alkanes of at least 4 members (excludes halogenated alkanes) is 3. The average molecular weight is 357 g/mol. The summed E-state index contributed by atoms with van der Waals surface area (Å²) in [6, 6.07) is 0. The predicted octanol–water partition coefficient (Wildman–Crippen LogP) is 2.58. The van der Waals surface area contributed by atoms with E-state index >= 15 is 0 Å². The molecule has 1 rings (SSSR count). The van der Waals surface area contributed by atoms with Gasteiger partial charge in [-0.05, 0) is 36.9 Å². The molecule has 1 amide bonds. The molecule has 0 spiro atoms. The Bertz CT molecular complexity index is 501. The molecule has 1 saturated carbocycles. The van der Waals surface area contributed by atoms with Crippen LogP contribution in [0.2, 0.25) is 0 Å². The molecule has 0 bridgehead atoms. The minimum atomic E-state index is -1.10. The minimum absolute atomic E-state index is 0.0183. The zero-order valence-corrected chi connectivity index (χ0v) is 15.4. The summed E-state index contributed by atoms with van der Waals surface area (Å²) in [5.74, 6) is -0.375. The van der Waals surface area contributed by atoms with Crippen molar-refractivity contribution in [1.82, 2.24) is 5.32 Å². The van der Waals surface area contributed by atoms with Gasteiger partial charge < -0.3 is 15.2 Å². The monoisotopic (exact) mass is 357 g/mol. The van der Waals surface area contributed by atoms with Gasteiger partial charge in [0.05, 0.1) is 12.9 Å². The van der Waals surface area contributed by atoms with Gasteiger partial charge in [-0.15, -0.1) is 0 Å². The van der Waals surface area contributed by atoms with Crippen LogP contribution in [0.25, 0.3) is 0 Å². The number of rotatable bonds is 11. The second-order valence-electron chi connectivity index (χ2n) is 6.64. The first kappa shape index (κ1) is 20.5. The van der Waals surface area contributed by atoms with E-state index < -0.39 is 5.97 Å². The highest BCUT2D eigenvalue weighted by Gasteiger charge is 2.50. The summed E-state index contributed by atoms with van der Waals surface area (Å²) in [6.07, 6.45) is 5.74. The van der Waals surface area contributed by atoms with Crippen molar-refractivity contribution in [2.45, 2.75) is 46.0 Å². The van der Waals surface area contributed by atoms with E-state index in [1.54, 1.807) is 6.08 Å². The van der Waals surface area contributed by atoms with Crippen LogP contribution < -0.4 is 5.32 Å². The molecule has 0 aliphatic heterocycles. The molecule has 2 N–H and O–H groups in total. The van der Waals surface area contributed by atoms with Gasteiger partial charge in [0.2, 0.25) is 5.91 Å². The number of carbonyl (C=O) groups is 3. The van der Waals surface area contributed by atoms with Crippen LogP contribution in [0.3, 0.4) is 0 Å². The van der Waals surface area contributed by atoms with Crippen LogP contribution in [0.15, 0.2) is 11.8 Å². The maximum atomic E-state index is 12.0. The molecular weight excluding hydrogens is 330 g/mol. The predicted molar refractivity (Wildman–Crippen MR) is 93.6 cm³/mol. The van der Waals surface area contributed by atoms with Gasteiger partial charge in [-0.25, -0.2) is 4.79 Å². The van der Waals surface area contributed by atoms with Gasteiger partial charge in [0.15, 0.2) is 0 Å². The molecular formula is C17H27NO5S. The van der Waals surface area contributed by atoms with E-state index in [1.165, 1.54) is 18.9 Å². The van der Waals surface area contributed by atoms with Crippen molar-refractivity contribution in [3.05, 3.63) is 11.8 Å². The maximum absolute atomic E-state index is 12.0. The van der Waals surface area contributed by atoms with E-state index in [4.69, 9.17) is 0 Å². The molecule has 24 heavy (non-hydrogen) atoms. The summed E-state index contributed by atoms with van der Waals surface area (Å²) in [5, 5.41) is 11.7. The zero-order chi connectivity index (χ0) is 18.2. The molecule has 7 heteroatoms. The number of methoxy groups -OCH3 is 1. The Hall–Kier alpha value is -1.50. The SMILES string of the molecule is COC(=O)CSCCCCC/C=C(\NC(=O)C1CC1(C)C)C(=O)O.